The Labute approximate surface area is 102 Å². The highest BCUT2D eigenvalue weighted by molar-refractivity contribution is 4.88. The van der Waals surface area contributed by atoms with Crippen molar-refractivity contribution < 1.29 is 4.39 Å². The second-order valence-corrected chi connectivity index (χ2v) is 6.81. The van der Waals surface area contributed by atoms with Crippen LogP contribution in [-0.2, 0) is 0 Å². The Morgan fingerprint density at radius 3 is 1.50 bits per heavy atom. The normalized spacial score (nSPS) is 17.2. The molecule has 0 aromatic heterocycles. The molecule has 0 amide bonds. The van der Waals surface area contributed by atoms with Crippen LogP contribution in [0.4, 0.5) is 4.39 Å². The first-order valence-electron chi connectivity index (χ1n) is 6.72. The Balaban J connectivity index is 5.13. The van der Waals surface area contributed by atoms with Gasteiger partial charge in [-0.2, -0.15) is 0 Å². The molecule has 0 aliphatic heterocycles. The van der Waals surface area contributed by atoms with Crippen LogP contribution in [0.2, 0.25) is 0 Å². The molecule has 0 rings (SSSR count). The van der Waals surface area contributed by atoms with Gasteiger partial charge in [-0.3, -0.25) is 4.39 Å². The average molecular weight is 230 g/mol. The van der Waals surface area contributed by atoms with Crippen molar-refractivity contribution in [1.82, 2.24) is 0 Å². The highest BCUT2D eigenvalue weighted by Crippen LogP contribution is 2.45. The molecule has 1 heteroatoms. The van der Waals surface area contributed by atoms with Crippen LogP contribution in [0.5, 0.6) is 0 Å². The first-order valence-corrected chi connectivity index (χ1v) is 6.72. The molecule has 0 aromatic carbocycles. The monoisotopic (exact) mass is 230 g/mol. The molecule has 0 saturated carbocycles. The van der Waals surface area contributed by atoms with E-state index < -0.39 is 0 Å². The van der Waals surface area contributed by atoms with Gasteiger partial charge in [0.1, 0.15) is 0 Å². The van der Waals surface area contributed by atoms with Crippen molar-refractivity contribution in [3.05, 3.63) is 0 Å². The summed E-state index contributed by atoms with van der Waals surface area (Å²) < 4.78 is 13.3. The quantitative estimate of drug-likeness (QED) is 0.589. The van der Waals surface area contributed by atoms with Gasteiger partial charge in [-0.25, -0.2) is 0 Å². The van der Waals surface area contributed by atoms with Crippen molar-refractivity contribution in [3.8, 4) is 0 Å². The highest BCUT2D eigenvalue weighted by atomic mass is 19.1. The van der Waals surface area contributed by atoms with Gasteiger partial charge in [0, 0.05) is 0 Å². The van der Waals surface area contributed by atoms with Crippen molar-refractivity contribution in [3.63, 3.8) is 0 Å². The highest BCUT2D eigenvalue weighted by Gasteiger charge is 2.40. The molecule has 16 heavy (non-hydrogen) atoms. The fraction of sp³-hybridized carbons (Fsp3) is 1.00. The summed E-state index contributed by atoms with van der Waals surface area (Å²) in [7, 11) is 0. The molecule has 0 aliphatic carbocycles. The predicted octanol–water partition coefficient (Wildman–Crippen LogP) is 5.18. The summed E-state index contributed by atoms with van der Waals surface area (Å²) in [4.78, 5) is 0. The molecule has 0 nitrogen and oxygen atoms in total. The second-order valence-electron chi connectivity index (χ2n) is 6.81. The standard InChI is InChI=1S/C15H31F/c1-10(2)13(9-16)14(11(3)4)15(7,8)12(5)6/h10-14H,9H2,1-8H3. The SMILES string of the molecule is CC(C)C(CF)C(C(C)C)C(C)(C)C(C)C. The molecule has 98 valence electrons. The summed E-state index contributed by atoms with van der Waals surface area (Å²) in [6, 6.07) is 0. The summed E-state index contributed by atoms with van der Waals surface area (Å²) in [5, 5.41) is 0. The Morgan fingerprint density at radius 1 is 0.875 bits per heavy atom. The van der Waals surface area contributed by atoms with Crippen molar-refractivity contribution in [2.24, 2.45) is 35.0 Å². The predicted molar refractivity (Wildman–Crippen MR) is 71.3 cm³/mol. The summed E-state index contributed by atoms with van der Waals surface area (Å²) in [6.07, 6.45) is 0. The molecule has 0 saturated heterocycles. The lowest BCUT2D eigenvalue weighted by molar-refractivity contribution is 0.0149. The lowest BCUT2D eigenvalue weighted by Crippen LogP contribution is -2.41. The minimum absolute atomic E-state index is 0.184. The van der Waals surface area contributed by atoms with Crippen molar-refractivity contribution in [2.75, 3.05) is 6.67 Å². The third kappa shape index (κ3) is 3.46. The molecule has 0 aliphatic rings. The maximum atomic E-state index is 13.3. The van der Waals surface area contributed by atoms with E-state index in [1.165, 1.54) is 0 Å². The number of rotatable bonds is 6. The van der Waals surface area contributed by atoms with E-state index in [0.717, 1.165) is 0 Å². The first-order chi connectivity index (χ1) is 7.16. The van der Waals surface area contributed by atoms with Crippen LogP contribution < -0.4 is 0 Å². The van der Waals surface area contributed by atoms with Crippen molar-refractivity contribution >= 4 is 0 Å². The van der Waals surface area contributed by atoms with Gasteiger partial charge in [-0.15, -0.1) is 0 Å². The van der Waals surface area contributed by atoms with Gasteiger partial charge < -0.3 is 0 Å². The Kier molecular flexibility index (Phi) is 6.00. The minimum Gasteiger partial charge on any atom is -0.251 e. The average Bonchev–Trinajstić information content (AvgIpc) is 2.11. The van der Waals surface area contributed by atoms with E-state index in [9.17, 15) is 4.39 Å². The van der Waals surface area contributed by atoms with E-state index in [1.54, 1.807) is 0 Å². The molecule has 0 N–H and O–H groups in total. The van der Waals surface area contributed by atoms with Crippen LogP contribution >= 0.6 is 0 Å². The van der Waals surface area contributed by atoms with Gasteiger partial charge in [0.05, 0.1) is 6.67 Å². The lowest BCUT2D eigenvalue weighted by atomic mass is 9.60. The minimum atomic E-state index is -0.184. The zero-order chi connectivity index (χ0) is 13.1. The smallest absolute Gasteiger partial charge is 0.0928 e. The van der Waals surface area contributed by atoms with Gasteiger partial charge >= 0.3 is 0 Å². The lowest BCUT2D eigenvalue weighted by Gasteiger charge is -2.45. The molecule has 0 heterocycles. The third-order valence-electron chi connectivity index (χ3n) is 4.56. The van der Waals surface area contributed by atoms with E-state index in [4.69, 9.17) is 0 Å². The number of hydrogen-bond donors (Lipinski definition) is 0. The van der Waals surface area contributed by atoms with E-state index in [0.29, 0.717) is 23.7 Å². The summed E-state index contributed by atoms with van der Waals surface area (Å²) in [5.41, 5.74) is 0.204. The third-order valence-corrected chi connectivity index (χ3v) is 4.56. The van der Waals surface area contributed by atoms with E-state index in [2.05, 4.69) is 55.4 Å². The van der Waals surface area contributed by atoms with E-state index in [1.807, 2.05) is 0 Å². The molecular formula is C15H31F. The molecule has 0 fully saturated rings. The number of halogens is 1. The summed E-state index contributed by atoms with van der Waals surface area (Å²) in [5.74, 6) is 2.21. The summed E-state index contributed by atoms with van der Waals surface area (Å²) in [6.45, 7) is 17.7. The zero-order valence-electron chi connectivity index (χ0n) is 12.5. The Morgan fingerprint density at radius 2 is 1.31 bits per heavy atom. The molecule has 2 atom stereocenters. The van der Waals surface area contributed by atoms with E-state index in [-0.39, 0.29) is 18.0 Å². The molecule has 0 spiro atoms. The fourth-order valence-corrected chi connectivity index (χ4v) is 2.98. The van der Waals surface area contributed by atoms with Gasteiger partial charge in [0.2, 0.25) is 0 Å². The maximum absolute atomic E-state index is 13.3. The van der Waals surface area contributed by atoms with Gasteiger partial charge in [-0.05, 0) is 35.0 Å². The van der Waals surface area contributed by atoms with E-state index >= 15 is 0 Å². The first kappa shape index (κ1) is 15.9. The maximum Gasteiger partial charge on any atom is 0.0928 e. The fourth-order valence-electron chi connectivity index (χ4n) is 2.98. The number of hydrogen-bond acceptors (Lipinski definition) is 0. The Hall–Kier alpha value is -0.0700. The second kappa shape index (κ2) is 6.02. The van der Waals surface area contributed by atoms with Crippen LogP contribution in [0, 0.1) is 35.0 Å². The Bertz CT molecular complexity index is 192. The molecule has 0 aromatic rings. The van der Waals surface area contributed by atoms with Crippen LogP contribution in [-0.4, -0.2) is 6.67 Å². The topological polar surface area (TPSA) is 0 Å². The van der Waals surface area contributed by atoms with Gasteiger partial charge in [0.25, 0.3) is 0 Å². The zero-order valence-corrected chi connectivity index (χ0v) is 12.5. The largest absolute Gasteiger partial charge is 0.251 e. The summed E-state index contributed by atoms with van der Waals surface area (Å²) >= 11 is 0. The van der Waals surface area contributed by atoms with Crippen LogP contribution in [0.15, 0.2) is 0 Å². The van der Waals surface area contributed by atoms with Gasteiger partial charge in [-0.1, -0.05) is 55.4 Å². The van der Waals surface area contributed by atoms with Crippen LogP contribution in [0.25, 0.3) is 0 Å². The van der Waals surface area contributed by atoms with Crippen LogP contribution in [0.1, 0.15) is 55.4 Å². The molecular weight excluding hydrogens is 199 g/mol. The van der Waals surface area contributed by atoms with Crippen molar-refractivity contribution in [1.29, 1.82) is 0 Å². The number of alkyl halides is 1. The van der Waals surface area contributed by atoms with Crippen molar-refractivity contribution in [2.45, 2.75) is 55.4 Å². The molecule has 0 radical (unpaired) electrons. The van der Waals surface area contributed by atoms with Crippen LogP contribution in [0.3, 0.4) is 0 Å². The van der Waals surface area contributed by atoms with Gasteiger partial charge in [0.15, 0.2) is 0 Å². The molecule has 2 unspecified atom stereocenters. The molecule has 0 bridgehead atoms.